The molecule has 0 amide bonds. The Hall–Kier alpha value is -0.970. The Morgan fingerprint density at radius 1 is 1.27 bits per heavy atom. The lowest BCUT2D eigenvalue weighted by Crippen LogP contribution is -2.54. The summed E-state index contributed by atoms with van der Waals surface area (Å²) in [4.78, 5) is 21.8. The lowest BCUT2D eigenvalue weighted by molar-refractivity contribution is -0.384. The molecule has 0 aliphatic carbocycles. The van der Waals surface area contributed by atoms with Gasteiger partial charge in [-0.1, -0.05) is 5.59 Å². The van der Waals surface area contributed by atoms with Gasteiger partial charge in [-0.2, -0.15) is 5.01 Å². The largest absolute Gasteiger partial charge is 0.511 e. The number of nitrogens with zero attached hydrogens (tertiary/aromatic N) is 2. The first-order valence-electron chi connectivity index (χ1n) is 7.13. The number of hydrazine groups is 2. The topological polar surface area (TPSA) is 92.7 Å². The van der Waals surface area contributed by atoms with Crippen LogP contribution >= 0.6 is 0 Å². The third-order valence-electron chi connectivity index (χ3n) is 2.28. The minimum absolute atomic E-state index is 0.0466. The van der Waals surface area contributed by atoms with E-state index in [-0.39, 0.29) is 12.6 Å². The third-order valence-corrected chi connectivity index (χ3v) is 2.28. The fraction of sp³-hybridized carbons (Fsp3) is 0.923. The normalized spacial score (nSPS) is 13.8. The highest BCUT2D eigenvalue weighted by Crippen LogP contribution is 2.09. The van der Waals surface area contributed by atoms with Crippen LogP contribution in [-0.2, 0) is 19.1 Å². The first kappa shape index (κ1) is 21.0. The van der Waals surface area contributed by atoms with Crippen molar-refractivity contribution in [2.75, 3.05) is 20.3 Å². The Morgan fingerprint density at radius 2 is 1.86 bits per heavy atom. The second-order valence-corrected chi connectivity index (χ2v) is 5.79. The summed E-state index contributed by atoms with van der Waals surface area (Å²) in [5.41, 5.74) is 1.86. The Labute approximate surface area is 131 Å². The van der Waals surface area contributed by atoms with Crippen molar-refractivity contribution in [3.05, 3.63) is 0 Å². The van der Waals surface area contributed by atoms with E-state index in [2.05, 4.69) is 5.59 Å². The molecule has 9 heteroatoms. The Balaban J connectivity index is 4.34. The summed E-state index contributed by atoms with van der Waals surface area (Å²) >= 11 is 0. The number of hydrogen-bond acceptors (Lipinski definition) is 9. The molecule has 0 aliphatic rings. The molecule has 0 aromatic rings. The van der Waals surface area contributed by atoms with E-state index < -0.39 is 18.0 Å². The van der Waals surface area contributed by atoms with Gasteiger partial charge in [0.05, 0.1) is 13.7 Å². The average Bonchev–Trinajstić information content (AvgIpc) is 2.35. The van der Waals surface area contributed by atoms with Gasteiger partial charge in [0.15, 0.2) is 0 Å². The van der Waals surface area contributed by atoms with Crippen LogP contribution in [0.5, 0.6) is 0 Å². The van der Waals surface area contributed by atoms with Crippen LogP contribution in [0, 0.1) is 0 Å². The van der Waals surface area contributed by atoms with Gasteiger partial charge in [0.25, 0.3) is 0 Å². The molecule has 22 heavy (non-hydrogen) atoms. The van der Waals surface area contributed by atoms with Crippen LogP contribution in [-0.4, -0.2) is 59.7 Å². The van der Waals surface area contributed by atoms with E-state index in [0.29, 0.717) is 6.54 Å². The van der Waals surface area contributed by atoms with Crippen molar-refractivity contribution in [2.24, 2.45) is 0 Å². The van der Waals surface area contributed by atoms with Crippen molar-refractivity contribution < 1.29 is 29.0 Å². The van der Waals surface area contributed by atoms with Gasteiger partial charge >= 0.3 is 6.16 Å². The lowest BCUT2D eigenvalue weighted by atomic mass is 10.2. The van der Waals surface area contributed by atoms with Crippen LogP contribution < -0.4 is 5.59 Å². The van der Waals surface area contributed by atoms with Gasteiger partial charge in [-0.05, 0) is 39.9 Å². The SMILES string of the molecule is CON(NOC(C)OC(=O)OC(C)(C)C)N(CCO)C(C)C. The highest BCUT2D eigenvalue weighted by molar-refractivity contribution is 5.60. The molecule has 0 spiro atoms. The number of aliphatic hydroxyl groups is 1. The van der Waals surface area contributed by atoms with E-state index in [9.17, 15) is 4.79 Å². The van der Waals surface area contributed by atoms with E-state index in [1.165, 1.54) is 19.3 Å². The molecule has 1 atom stereocenters. The van der Waals surface area contributed by atoms with Crippen LogP contribution in [0.2, 0.25) is 0 Å². The summed E-state index contributed by atoms with van der Waals surface area (Å²) < 4.78 is 9.93. The molecule has 0 aromatic carbocycles. The van der Waals surface area contributed by atoms with Crippen molar-refractivity contribution >= 4 is 6.16 Å². The molecule has 0 saturated heterocycles. The number of carbonyl (C=O) groups excluding carboxylic acids is 1. The van der Waals surface area contributed by atoms with E-state index in [4.69, 9.17) is 24.3 Å². The van der Waals surface area contributed by atoms with E-state index in [1.54, 1.807) is 25.8 Å². The lowest BCUT2D eigenvalue weighted by Gasteiger charge is -2.34. The molecule has 0 aliphatic heterocycles. The monoisotopic (exact) mass is 323 g/mol. The molecule has 0 saturated carbocycles. The number of ether oxygens (including phenoxy) is 2. The van der Waals surface area contributed by atoms with Crippen LogP contribution in [0.25, 0.3) is 0 Å². The molecule has 0 fully saturated rings. The van der Waals surface area contributed by atoms with Gasteiger partial charge < -0.3 is 14.6 Å². The zero-order valence-corrected chi connectivity index (χ0v) is 14.5. The minimum atomic E-state index is -0.907. The number of rotatable bonds is 9. The molecule has 0 bridgehead atoms. The van der Waals surface area contributed by atoms with Crippen molar-refractivity contribution in [3.8, 4) is 0 Å². The zero-order valence-electron chi connectivity index (χ0n) is 14.5. The van der Waals surface area contributed by atoms with Gasteiger partial charge in [0.2, 0.25) is 6.29 Å². The Morgan fingerprint density at radius 3 is 2.27 bits per heavy atom. The maximum atomic E-state index is 11.5. The van der Waals surface area contributed by atoms with Crippen LogP contribution in [0.3, 0.4) is 0 Å². The van der Waals surface area contributed by atoms with Gasteiger partial charge in [0, 0.05) is 19.5 Å². The van der Waals surface area contributed by atoms with Crippen molar-refractivity contribution in [1.29, 1.82) is 0 Å². The molecule has 132 valence electrons. The van der Waals surface area contributed by atoms with Crippen molar-refractivity contribution in [2.45, 2.75) is 59.5 Å². The van der Waals surface area contributed by atoms with Crippen LogP contribution in [0.4, 0.5) is 4.79 Å². The summed E-state index contributed by atoms with van der Waals surface area (Å²) in [7, 11) is 1.43. The molecule has 9 nitrogen and oxygen atoms in total. The van der Waals surface area contributed by atoms with Crippen molar-refractivity contribution in [3.63, 3.8) is 0 Å². The van der Waals surface area contributed by atoms with E-state index in [1.807, 2.05) is 13.8 Å². The second-order valence-electron chi connectivity index (χ2n) is 5.79. The molecule has 0 aromatic heterocycles. The van der Waals surface area contributed by atoms with E-state index in [0.717, 1.165) is 0 Å². The highest BCUT2D eigenvalue weighted by Gasteiger charge is 2.22. The first-order chi connectivity index (χ1) is 10.1. The molecule has 2 N–H and O–H groups in total. The van der Waals surface area contributed by atoms with Gasteiger partial charge in [-0.25, -0.2) is 9.63 Å². The number of aliphatic hydroxyl groups excluding tert-OH is 1. The van der Waals surface area contributed by atoms with E-state index >= 15 is 0 Å². The quantitative estimate of drug-likeness (QED) is 0.369. The number of carbonyl (C=O) groups is 1. The summed E-state index contributed by atoms with van der Waals surface area (Å²) in [6.07, 6.45) is -1.74. The second kappa shape index (κ2) is 9.93. The Bertz CT molecular complexity index is 321. The maximum Gasteiger partial charge on any atom is 0.511 e. The van der Waals surface area contributed by atoms with Gasteiger partial charge in [0.1, 0.15) is 5.60 Å². The fourth-order valence-corrected chi connectivity index (χ4v) is 1.41. The fourth-order valence-electron chi connectivity index (χ4n) is 1.41. The van der Waals surface area contributed by atoms with Gasteiger partial charge in [-0.15, -0.1) is 0 Å². The van der Waals surface area contributed by atoms with Gasteiger partial charge in [-0.3, -0.25) is 4.84 Å². The van der Waals surface area contributed by atoms with Crippen LogP contribution in [0.1, 0.15) is 41.5 Å². The summed E-state index contributed by atoms with van der Waals surface area (Å²) in [5, 5.41) is 11.9. The summed E-state index contributed by atoms with van der Waals surface area (Å²) in [6, 6.07) is 0.0466. The molecular formula is C13H29N3O6. The molecule has 0 rings (SSSR count). The molecule has 0 radical (unpaired) electrons. The number of hydrogen-bond donors (Lipinski definition) is 2. The first-order valence-corrected chi connectivity index (χ1v) is 7.13. The molecule has 0 heterocycles. The van der Waals surface area contributed by atoms with Crippen LogP contribution in [0.15, 0.2) is 0 Å². The molecule has 1 unspecified atom stereocenters. The smallest absolute Gasteiger partial charge is 0.429 e. The van der Waals surface area contributed by atoms with Crippen molar-refractivity contribution in [1.82, 2.24) is 15.9 Å². The predicted molar refractivity (Wildman–Crippen MR) is 78.8 cm³/mol. The minimum Gasteiger partial charge on any atom is -0.429 e. The highest BCUT2D eigenvalue weighted by atomic mass is 16.9. The molecular weight excluding hydrogens is 294 g/mol. The average molecular weight is 323 g/mol. The predicted octanol–water partition coefficient (Wildman–Crippen LogP) is 1.20. The third kappa shape index (κ3) is 9.13. The zero-order chi connectivity index (χ0) is 17.3. The Kier molecular flexibility index (Phi) is 9.49. The maximum absolute atomic E-state index is 11.5. The summed E-state index contributed by atoms with van der Waals surface area (Å²) in [5.74, 6) is 0. The standard InChI is InChI=1S/C13H29N3O6/c1-10(2)15(8-9-17)16(19-7)14-22-11(3)20-12(18)21-13(4,5)6/h10-11,14,17H,8-9H2,1-7H3. The summed E-state index contributed by atoms with van der Waals surface area (Å²) in [6.45, 7) is 10.9. The number of nitrogens with one attached hydrogen (secondary N) is 1.